The molecule has 7 heterocycles. The summed E-state index contributed by atoms with van der Waals surface area (Å²) in [4.78, 5) is 66.8. The number of dihydropyridines is 3. The third-order valence-corrected chi connectivity index (χ3v) is 15.3. The van der Waals surface area contributed by atoms with Crippen molar-refractivity contribution in [1.29, 1.82) is 15.8 Å². The zero-order valence-corrected chi connectivity index (χ0v) is 50.3. The Labute approximate surface area is 515 Å². The highest BCUT2D eigenvalue weighted by Crippen LogP contribution is 2.42. The van der Waals surface area contributed by atoms with Crippen LogP contribution in [0.4, 0.5) is 0 Å². The molecule has 0 radical (unpaired) electrons. The number of hydrogen-bond donors (Lipinski definition) is 8. The number of aromatic nitrogens is 8. The maximum absolute atomic E-state index is 12.5. The number of aliphatic hydroxyl groups is 1. The van der Waals surface area contributed by atoms with E-state index < -0.39 is 23.7 Å². The second kappa shape index (κ2) is 27.4. The van der Waals surface area contributed by atoms with Gasteiger partial charge < -0.3 is 21.1 Å². The third-order valence-electron chi connectivity index (χ3n) is 15.3. The number of aliphatic hydroxyl groups excluding tert-OH is 1. The monoisotopic (exact) mass is 1200 g/mol. The van der Waals surface area contributed by atoms with Crippen molar-refractivity contribution in [2.75, 3.05) is 28.3 Å². The summed E-state index contributed by atoms with van der Waals surface area (Å²) in [5.41, 5.74) is 14.6. The van der Waals surface area contributed by atoms with Gasteiger partial charge in [-0.2, -0.15) is 36.2 Å². The van der Waals surface area contributed by atoms with Crippen LogP contribution in [0.15, 0.2) is 141 Å². The Hall–Kier alpha value is -12.3. The number of amides is 2. The summed E-state index contributed by atoms with van der Waals surface area (Å²) < 4.78 is 0. The largest absolute Gasteiger partial charge is 0.390 e. The zero-order valence-electron chi connectivity index (χ0n) is 50.3. The molecule has 0 saturated heterocycles. The maximum Gasteiger partial charge on any atom is 0.298 e. The van der Waals surface area contributed by atoms with E-state index in [1.807, 2.05) is 77.9 Å². The molecular formula is C64H57N19O7. The second-order valence-corrected chi connectivity index (χ2v) is 20.5. The fourth-order valence-corrected chi connectivity index (χ4v) is 10.6. The molecule has 8 N–H and O–H groups in total. The normalized spacial score (nSPS) is 16.1. The number of allylic oxidation sites excluding steroid dienone is 9. The molecule has 90 heavy (non-hydrogen) atoms. The molecule has 4 aromatic heterocycles. The quantitative estimate of drug-likeness (QED) is 0.0359. The number of nitrogens with one attached hydrogen (secondary N) is 7. The standard InChI is InChI=1S/C19H18N6O2.C17H15N5O.C17H13N5O.C11H11N3O3/c1-10-14(9-20)16(17(21-3)11(2)22-10)12-6-7-15-13(8-12)18(24-23-15)19(26)25(4)27-5;2*1-9-13(7-18)16(17(19-3)10(2)20-9)11-4-5-14-12(6-11)15(8-23)22-21-14;1-14(17-2)11(16)10-8-5-7(6-15)3-4-9(8)12-13-10/h6-8,16,22H,1-2,4-5H3,(H,23,24);4-6,16,20,23H,8H2,1-2H3,(H,21,22);4-6,8,16,20H,1-2H3,(H,21,22);3-6H,1-2H3,(H,12,13). The first-order chi connectivity index (χ1) is 43.3. The van der Waals surface area contributed by atoms with Crippen LogP contribution in [0.5, 0.6) is 0 Å². The summed E-state index contributed by atoms with van der Waals surface area (Å²) in [5.74, 6) is -2.09. The van der Waals surface area contributed by atoms with E-state index in [4.69, 9.17) is 29.4 Å². The molecule has 26 heteroatoms. The minimum absolute atomic E-state index is 0.142. The van der Waals surface area contributed by atoms with E-state index in [-0.39, 0.29) is 23.9 Å². The zero-order chi connectivity index (χ0) is 65.2. The molecule has 8 aromatic rings. The number of rotatable bonds is 10. The van der Waals surface area contributed by atoms with Gasteiger partial charge in [0.1, 0.15) is 12.0 Å². The second-order valence-electron chi connectivity index (χ2n) is 20.5. The highest BCUT2D eigenvalue weighted by Gasteiger charge is 2.34. The lowest BCUT2D eigenvalue weighted by molar-refractivity contribution is -0.0759. The summed E-state index contributed by atoms with van der Waals surface area (Å²) in [6.45, 7) is 33.3. The van der Waals surface area contributed by atoms with E-state index in [1.165, 1.54) is 28.3 Å². The molecule has 450 valence electrons. The van der Waals surface area contributed by atoms with Crippen LogP contribution in [0, 0.1) is 53.7 Å². The molecule has 11 rings (SSSR count). The fraction of sp³-hybridized carbons (Fsp3) is 0.219. The van der Waals surface area contributed by atoms with E-state index in [9.17, 15) is 40.1 Å². The Bertz CT molecular complexity index is 4620. The van der Waals surface area contributed by atoms with Crippen LogP contribution in [0.3, 0.4) is 0 Å². The molecule has 3 aliphatic rings. The van der Waals surface area contributed by atoms with Gasteiger partial charge in [0.05, 0.1) is 121 Å². The van der Waals surface area contributed by atoms with Gasteiger partial charge >= 0.3 is 0 Å². The minimum atomic E-state index is -0.490. The SMILES string of the molecule is CON(C)C(=O)c1n[nH]c2ccc(C=O)cc12.[C-]#[N+]C1=C(C)NC(C)=C(C#N)C1c1ccc2[nH]nc(C(=O)N(C)OC)c2c1.[C-]#[N+]C1=C(C)NC(C)=C(C#N)C1c1ccc2n[nH]c(C=O)c2c1.[C-]#[N+]C1=C(C)NC(C)=C(C#N)C1c1ccc2n[nH]c(CO)c2c1. The molecule has 2 amide bonds. The van der Waals surface area contributed by atoms with Crippen LogP contribution >= 0.6 is 0 Å². The molecule has 4 aromatic carbocycles. The smallest absolute Gasteiger partial charge is 0.298 e. The highest BCUT2D eigenvalue weighted by molar-refractivity contribution is 6.06. The number of fused-ring (bicyclic) bond motifs is 4. The van der Waals surface area contributed by atoms with Crippen molar-refractivity contribution in [3.05, 3.63) is 220 Å². The molecule has 0 bridgehead atoms. The number of aldehydes is 2. The van der Waals surface area contributed by atoms with Gasteiger partial charge in [-0.05, 0) is 113 Å². The summed E-state index contributed by atoms with van der Waals surface area (Å²) in [6.07, 6.45) is 1.44. The summed E-state index contributed by atoms with van der Waals surface area (Å²) in [6, 6.07) is 28.1. The van der Waals surface area contributed by atoms with Crippen molar-refractivity contribution in [2.45, 2.75) is 65.9 Å². The lowest BCUT2D eigenvalue weighted by Gasteiger charge is -2.26. The highest BCUT2D eigenvalue weighted by atomic mass is 16.7. The molecule has 0 saturated carbocycles. The van der Waals surface area contributed by atoms with Crippen molar-refractivity contribution < 1.29 is 34.0 Å². The van der Waals surface area contributed by atoms with Crippen LogP contribution in [-0.4, -0.2) is 109 Å². The minimum Gasteiger partial charge on any atom is -0.390 e. The van der Waals surface area contributed by atoms with Crippen LogP contribution in [0.25, 0.3) is 58.1 Å². The molecule has 26 nitrogen and oxygen atoms in total. The van der Waals surface area contributed by atoms with Gasteiger partial charge in [-0.3, -0.25) is 49.2 Å². The van der Waals surface area contributed by atoms with Gasteiger partial charge in [-0.25, -0.2) is 24.7 Å². The fourth-order valence-electron chi connectivity index (χ4n) is 10.6. The Morgan fingerprint density at radius 2 is 0.933 bits per heavy atom. The van der Waals surface area contributed by atoms with Crippen molar-refractivity contribution >= 4 is 68.0 Å². The first-order valence-corrected chi connectivity index (χ1v) is 27.3. The molecule has 0 fully saturated rings. The van der Waals surface area contributed by atoms with E-state index in [2.05, 4.69) is 89.5 Å². The van der Waals surface area contributed by atoms with E-state index >= 15 is 0 Å². The Morgan fingerprint density at radius 1 is 0.544 bits per heavy atom. The lowest BCUT2D eigenvalue weighted by atomic mass is 9.84. The number of nitriles is 3. The number of carbonyl (C=O) groups is 4. The third kappa shape index (κ3) is 12.2. The van der Waals surface area contributed by atoms with Crippen molar-refractivity contribution in [2.24, 2.45) is 0 Å². The first kappa shape index (κ1) is 63.7. The Morgan fingerprint density at radius 3 is 1.33 bits per heavy atom. The Balaban J connectivity index is 0.000000157. The molecule has 3 atom stereocenters. The van der Waals surface area contributed by atoms with E-state index in [0.717, 1.165) is 72.5 Å². The van der Waals surface area contributed by atoms with Gasteiger partial charge in [0, 0.05) is 75.4 Å². The first-order valence-electron chi connectivity index (χ1n) is 27.3. The van der Waals surface area contributed by atoms with Gasteiger partial charge in [0.25, 0.3) is 11.8 Å². The average molecular weight is 1200 g/mol. The summed E-state index contributed by atoms with van der Waals surface area (Å²) >= 11 is 0. The molecule has 3 unspecified atom stereocenters. The number of benzene rings is 4. The van der Waals surface area contributed by atoms with Crippen LogP contribution in [-0.2, 0) is 16.3 Å². The summed E-state index contributed by atoms with van der Waals surface area (Å²) in [5, 5.41) is 79.5. The predicted molar refractivity (Wildman–Crippen MR) is 330 cm³/mol. The number of hydroxylamine groups is 4. The number of hydrogen-bond acceptors (Lipinski definition) is 17. The number of aromatic amines is 4. The molecule has 0 spiro atoms. The summed E-state index contributed by atoms with van der Waals surface area (Å²) in [7, 11) is 5.79. The van der Waals surface area contributed by atoms with E-state index in [0.29, 0.717) is 95.5 Å². The molecule has 3 aliphatic heterocycles. The van der Waals surface area contributed by atoms with Crippen LogP contribution in [0.1, 0.15) is 124 Å². The average Bonchev–Trinajstić information content (AvgIpc) is 2.34. The van der Waals surface area contributed by atoms with Crippen LogP contribution in [0.2, 0.25) is 0 Å². The van der Waals surface area contributed by atoms with Gasteiger partial charge in [-0.1, -0.05) is 18.2 Å². The van der Waals surface area contributed by atoms with Crippen LogP contribution < -0.4 is 16.0 Å². The number of carbonyl (C=O) groups excluding carboxylic acids is 4. The van der Waals surface area contributed by atoms with Crippen molar-refractivity contribution in [3.8, 4) is 18.2 Å². The number of H-pyrrole nitrogens is 4. The number of nitrogens with zero attached hydrogens (tertiary/aromatic N) is 12. The topological polar surface area (TPSA) is 349 Å². The Kier molecular flexibility index (Phi) is 19.4. The molecule has 0 aliphatic carbocycles. The van der Waals surface area contributed by atoms with Gasteiger partial charge in [0.2, 0.25) is 0 Å². The van der Waals surface area contributed by atoms with Crippen molar-refractivity contribution in [3.63, 3.8) is 0 Å². The maximum atomic E-state index is 12.5. The lowest BCUT2D eigenvalue weighted by Crippen LogP contribution is -2.26. The molecular weight excluding hydrogens is 1150 g/mol. The predicted octanol–water partition coefficient (Wildman–Crippen LogP) is 9.54. The van der Waals surface area contributed by atoms with E-state index in [1.54, 1.807) is 36.4 Å². The van der Waals surface area contributed by atoms with Crippen molar-refractivity contribution in [1.82, 2.24) is 66.9 Å². The van der Waals surface area contributed by atoms with Gasteiger partial charge in [-0.15, -0.1) is 0 Å². The van der Waals surface area contributed by atoms with Gasteiger partial charge in [0.15, 0.2) is 34.8 Å².